The van der Waals surface area contributed by atoms with Gasteiger partial charge in [-0.2, -0.15) is 5.01 Å². The highest BCUT2D eigenvalue weighted by Gasteiger charge is 2.62. The summed E-state index contributed by atoms with van der Waals surface area (Å²) in [6.45, 7) is 3.63. The summed E-state index contributed by atoms with van der Waals surface area (Å²) in [4.78, 5) is 47.6. The fourth-order valence-electron chi connectivity index (χ4n) is 2.82. The molecule has 0 saturated carbocycles. The number of amides is 4. The molecule has 1 aromatic rings. The fourth-order valence-corrected chi connectivity index (χ4v) is 4.13. The molecule has 130 valence electrons. The third-order valence-electron chi connectivity index (χ3n) is 3.69. The quantitative estimate of drug-likeness (QED) is 0.737. The highest BCUT2D eigenvalue weighted by atomic mass is 32.2. The van der Waals surface area contributed by atoms with Crippen molar-refractivity contribution in [1.82, 2.24) is 10.3 Å². The van der Waals surface area contributed by atoms with Crippen molar-refractivity contribution < 1.29 is 23.6 Å². The van der Waals surface area contributed by atoms with E-state index in [0.29, 0.717) is 0 Å². The van der Waals surface area contributed by atoms with Crippen molar-refractivity contribution in [3.63, 3.8) is 0 Å². The van der Waals surface area contributed by atoms with Crippen molar-refractivity contribution in [1.29, 1.82) is 0 Å². The molecule has 0 saturated heterocycles. The van der Waals surface area contributed by atoms with E-state index in [1.54, 1.807) is 0 Å². The summed E-state index contributed by atoms with van der Waals surface area (Å²) in [5.74, 6) is -2.99. The van der Waals surface area contributed by atoms with E-state index < -0.39 is 34.3 Å². The number of hydrogen-bond donors (Lipinski definition) is 1. The number of nitrogens with zero attached hydrogens (tertiary/aromatic N) is 3. The Morgan fingerprint density at radius 2 is 1.88 bits per heavy atom. The molecule has 2 aliphatic rings. The Labute approximate surface area is 146 Å². The summed E-state index contributed by atoms with van der Waals surface area (Å²) in [5.41, 5.74) is 0.300. The lowest BCUT2D eigenvalue weighted by molar-refractivity contribution is -0.140. The zero-order chi connectivity index (χ0) is 18.5. The third kappa shape index (κ3) is 2.40. The van der Waals surface area contributed by atoms with Gasteiger partial charge in [0.15, 0.2) is 5.17 Å². The van der Waals surface area contributed by atoms with Gasteiger partial charge in [0.1, 0.15) is 5.82 Å². The lowest BCUT2D eigenvalue weighted by atomic mass is 10.1. The van der Waals surface area contributed by atoms with Crippen LogP contribution in [0.15, 0.2) is 23.3 Å². The zero-order valence-corrected chi connectivity index (χ0v) is 14.3. The van der Waals surface area contributed by atoms with Crippen LogP contribution in [-0.2, 0) is 24.0 Å². The molecule has 0 aliphatic carbocycles. The largest absolute Gasteiger partial charge is 0.304 e. The first-order valence-corrected chi connectivity index (χ1v) is 8.01. The van der Waals surface area contributed by atoms with Gasteiger partial charge in [0, 0.05) is 26.3 Å². The minimum absolute atomic E-state index is 0.0108. The number of hydrazone groups is 1. The summed E-state index contributed by atoms with van der Waals surface area (Å²) < 4.78 is 13.9. The van der Waals surface area contributed by atoms with Crippen molar-refractivity contribution in [2.75, 3.05) is 4.90 Å². The Bertz CT molecular complexity index is 871. The standard InChI is InChI=1S/C15H13FN4O4S/c1-7(21)17-14-18-20(9(3)23)15(25-14)11-6-10(16)4-5-12(11)19(8(2)22)13(15)24/h4-6H,1-3H3,(H,17,18,21). The van der Waals surface area contributed by atoms with Gasteiger partial charge >= 0.3 is 0 Å². The van der Waals surface area contributed by atoms with Gasteiger partial charge in [-0.15, -0.1) is 5.10 Å². The first-order chi connectivity index (χ1) is 11.7. The van der Waals surface area contributed by atoms with Crippen LogP contribution >= 0.6 is 11.8 Å². The molecule has 3 rings (SSSR count). The minimum atomic E-state index is -1.77. The second-order valence-electron chi connectivity index (χ2n) is 5.48. The van der Waals surface area contributed by atoms with Gasteiger partial charge in [-0.1, -0.05) is 0 Å². The Balaban J connectivity index is 2.22. The van der Waals surface area contributed by atoms with Crippen LogP contribution in [0.1, 0.15) is 26.3 Å². The van der Waals surface area contributed by atoms with E-state index in [1.807, 2.05) is 0 Å². The van der Waals surface area contributed by atoms with Crippen molar-refractivity contribution in [2.45, 2.75) is 25.6 Å². The van der Waals surface area contributed by atoms with Crippen molar-refractivity contribution in [3.05, 3.63) is 29.6 Å². The predicted molar refractivity (Wildman–Crippen MR) is 87.6 cm³/mol. The first kappa shape index (κ1) is 17.1. The second-order valence-corrected chi connectivity index (χ2v) is 6.67. The van der Waals surface area contributed by atoms with Crippen molar-refractivity contribution in [2.24, 2.45) is 5.10 Å². The number of rotatable bonds is 0. The van der Waals surface area contributed by atoms with E-state index in [4.69, 9.17) is 0 Å². The lowest BCUT2D eigenvalue weighted by Crippen LogP contribution is -2.49. The smallest absolute Gasteiger partial charge is 0.277 e. The summed E-state index contributed by atoms with van der Waals surface area (Å²) in [5, 5.41) is 7.28. The van der Waals surface area contributed by atoms with Crippen LogP contribution in [0.5, 0.6) is 0 Å². The van der Waals surface area contributed by atoms with Crippen LogP contribution in [-0.4, -0.2) is 33.8 Å². The van der Waals surface area contributed by atoms with E-state index in [2.05, 4.69) is 10.4 Å². The Kier molecular flexibility index (Phi) is 3.87. The van der Waals surface area contributed by atoms with Crippen LogP contribution in [0, 0.1) is 5.82 Å². The maximum Gasteiger partial charge on any atom is 0.277 e. The van der Waals surface area contributed by atoms with Gasteiger partial charge in [0.05, 0.1) is 5.69 Å². The highest BCUT2D eigenvalue weighted by molar-refractivity contribution is 8.15. The molecule has 4 amide bonds. The summed E-state index contributed by atoms with van der Waals surface area (Å²) >= 11 is 0.779. The lowest BCUT2D eigenvalue weighted by Gasteiger charge is -2.29. The van der Waals surface area contributed by atoms with E-state index in [0.717, 1.165) is 33.8 Å². The van der Waals surface area contributed by atoms with Gasteiger partial charge in [-0.05, 0) is 30.0 Å². The molecule has 1 aromatic carbocycles. The molecule has 1 spiro atoms. The predicted octanol–water partition coefficient (Wildman–Crippen LogP) is 0.874. The van der Waals surface area contributed by atoms with E-state index >= 15 is 0 Å². The first-order valence-electron chi connectivity index (χ1n) is 7.19. The molecule has 1 N–H and O–H groups in total. The Hall–Kier alpha value is -2.75. The Morgan fingerprint density at radius 3 is 2.44 bits per heavy atom. The molecule has 0 radical (unpaired) electrons. The average molecular weight is 364 g/mol. The minimum Gasteiger partial charge on any atom is -0.304 e. The maximum atomic E-state index is 13.9. The average Bonchev–Trinajstić information content (AvgIpc) is 2.98. The summed E-state index contributed by atoms with van der Waals surface area (Å²) in [7, 11) is 0. The number of carbonyl (C=O) groups excluding carboxylic acids is 4. The molecule has 8 nitrogen and oxygen atoms in total. The number of thioether (sulfide) groups is 1. The fraction of sp³-hybridized carbons (Fsp3) is 0.267. The highest BCUT2D eigenvalue weighted by Crippen LogP contribution is 2.54. The normalized spacial score (nSPS) is 21.4. The van der Waals surface area contributed by atoms with Crippen molar-refractivity contribution >= 4 is 46.2 Å². The molecule has 2 aliphatic heterocycles. The summed E-state index contributed by atoms with van der Waals surface area (Å²) in [6, 6.07) is 3.51. The zero-order valence-electron chi connectivity index (χ0n) is 13.5. The second kappa shape index (κ2) is 5.66. The van der Waals surface area contributed by atoms with Gasteiger partial charge in [0.25, 0.3) is 5.91 Å². The van der Waals surface area contributed by atoms with Crippen LogP contribution in [0.25, 0.3) is 0 Å². The molecule has 2 heterocycles. The van der Waals surface area contributed by atoms with Crippen LogP contribution in [0.2, 0.25) is 0 Å². The topological polar surface area (TPSA) is 99.2 Å². The molecule has 25 heavy (non-hydrogen) atoms. The number of anilines is 1. The van der Waals surface area contributed by atoms with Crippen LogP contribution < -0.4 is 10.2 Å². The molecule has 1 unspecified atom stereocenters. The van der Waals surface area contributed by atoms with Gasteiger partial charge in [0.2, 0.25) is 22.6 Å². The molecule has 0 bridgehead atoms. The number of amidine groups is 1. The summed E-state index contributed by atoms with van der Waals surface area (Å²) in [6.07, 6.45) is 0. The van der Waals surface area contributed by atoms with Crippen molar-refractivity contribution in [3.8, 4) is 0 Å². The molecular weight excluding hydrogens is 351 g/mol. The third-order valence-corrected chi connectivity index (χ3v) is 4.93. The maximum absolute atomic E-state index is 13.9. The number of imide groups is 1. The number of benzene rings is 1. The van der Waals surface area contributed by atoms with Crippen LogP contribution in [0.4, 0.5) is 10.1 Å². The van der Waals surface area contributed by atoms with E-state index in [-0.39, 0.29) is 16.4 Å². The monoisotopic (exact) mass is 364 g/mol. The number of hydrogen-bond acceptors (Lipinski definition) is 6. The Morgan fingerprint density at radius 1 is 1.20 bits per heavy atom. The van der Waals surface area contributed by atoms with Gasteiger partial charge in [-0.3, -0.25) is 19.2 Å². The number of halogens is 1. The molecule has 10 heteroatoms. The number of fused-ring (bicyclic) bond motifs is 2. The van der Waals surface area contributed by atoms with E-state index in [9.17, 15) is 23.6 Å². The molecular formula is C15H13FN4O4S. The number of nitrogens with one attached hydrogen (secondary N) is 1. The molecule has 1 atom stereocenters. The SMILES string of the molecule is CC(=O)NC1=NN(C(C)=O)C2(S1)C(=O)N(C(C)=O)c1ccc(F)cc12. The van der Waals surface area contributed by atoms with Crippen LogP contribution in [0.3, 0.4) is 0 Å². The van der Waals surface area contributed by atoms with Gasteiger partial charge < -0.3 is 5.32 Å². The van der Waals surface area contributed by atoms with Gasteiger partial charge in [-0.25, -0.2) is 9.29 Å². The molecule has 0 fully saturated rings. The molecule has 0 aromatic heterocycles. The number of carbonyl (C=O) groups is 4. The van der Waals surface area contributed by atoms with E-state index in [1.165, 1.54) is 26.8 Å².